The summed E-state index contributed by atoms with van der Waals surface area (Å²) in [5.41, 5.74) is 5.84. The lowest BCUT2D eigenvalue weighted by Gasteiger charge is -2.07. The minimum atomic E-state index is -0.622. The fourth-order valence-corrected chi connectivity index (χ4v) is 3.47. The van der Waals surface area contributed by atoms with Gasteiger partial charge in [-0.25, -0.2) is 8.78 Å². The van der Waals surface area contributed by atoms with Crippen molar-refractivity contribution in [3.63, 3.8) is 0 Å². The van der Waals surface area contributed by atoms with Crippen LogP contribution in [0.5, 0.6) is 0 Å². The molecule has 0 fully saturated rings. The summed E-state index contributed by atoms with van der Waals surface area (Å²) in [6, 6.07) is 9.24. The molecule has 2 aromatic heterocycles. The summed E-state index contributed by atoms with van der Waals surface area (Å²) in [4.78, 5) is 25.6. The maximum absolute atomic E-state index is 13.7. The highest BCUT2D eigenvalue weighted by molar-refractivity contribution is 6.15. The molecule has 0 atom stereocenters. The number of nitrogens with zero attached hydrogens (tertiary/aromatic N) is 3. The molecule has 0 unspecified atom stereocenters. The van der Waals surface area contributed by atoms with Crippen molar-refractivity contribution in [3.8, 4) is 0 Å². The lowest BCUT2D eigenvalue weighted by atomic mass is 10.00. The summed E-state index contributed by atoms with van der Waals surface area (Å²) in [5.74, 6) is -1.28. The number of aromatic nitrogens is 2. The summed E-state index contributed by atoms with van der Waals surface area (Å²) in [6.45, 7) is 2.49. The van der Waals surface area contributed by atoms with Gasteiger partial charge < -0.3 is 0 Å². The van der Waals surface area contributed by atoms with E-state index in [2.05, 4.69) is 15.0 Å². The number of benzene rings is 1. The van der Waals surface area contributed by atoms with Crippen LogP contribution in [-0.4, -0.2) is 21.5 Å². The molecular formula is C23H19F2N3O. The third-order valence-electron chi connectivity index (χ3n) is 4.95. The molecule has 0 radical (unpaired) electrons. The van der Waals surface area contributed by atoms with E-state index in [-0.39, 0.29) is 25.0 Å². The number of halogens is 2. The van der Waals surface area contributed by atoms with E-state index in [4.69, 9.17) is 0 Å². The Bertz CT molecular complexity index is 1120. The summed E-state index contributed by atoms with van der Waals surface area (Å²) in [5, 5.41) is 0. The normalized spacial score (nSPS) is 12.6. The molecule has 4 nitrogen and oxygen atoms in total. The molecule has 0 amide bonds. The highest BCUT2D eigenvalue weighted by Crippen LogP contribution is 2.23. The molecule has 0 saturated heterocycles. The lowest BCUT2D eigenvalue weighted by molar-refractivity contribution is -0.118. The number of pyridine rings is 2. The van der Waals surface area contributed by atoms with Crippen molar-refractivity contribution in [1.82, 2.24) is 9.97 Å². The molecule has 0 saturated carbocycles. The molecule has 1 aromatic carbocycles. The van der Waals surface area contributed by atoms with E-state index in [1.54, 1.807) is 12.4 Å². The fourth-order valence-electron chi connectivity index (χ4n) is 3.47. The van der Waals surface area contributed by atoms with Gasteiger partial charge in [0.25, 0.3) is 0 Å². The largest absolute Gasteiger partial charge is 0.299 e. The molecular weight excluding hydrogens is 372 g/mol. The van der Waals surface area contributed by atoms with Gasteiger partial charge in [-0.15, -0.1) is 0 Å². The average molecular weight is 391 g/mol. The first-order valence-electron chi connectivity index (χ1n) is 9.41. The van der Waals surface area contributed by atoms with Crippen LogP contribution in [0.1, 0.15) is 40.1 Å². The smallest absolute Gasteiger partial charge is 0.139 e. The number of Topliss-reactive ketones (excluding diaryl/α,β-unsaturated/α-hetero) is 1. The van der Waals surface area contributed by atoms with E-state index < -0.39 is 11.6 Å². The molecule has 0 aliphatic carbocycles. The van der Waals surface area contributed by atoms with Gasteiger partial charge in [0, 0.05) is 53.8 Å². The van der Waals surface area contributed by atoms with Crippen LogP contribution in [0.3, 0.4) is 0 Å². The molecule has 1 aliphatic rings. The third kappa shape index (κ3) is 4.26. The van der Waals surface area contributed by atoms with E-state index in [1.165, 1.54) is 12.1 Å². The number of hydrogen-bond acceptors (Lipinski definition) is 4. The van der Waals surface area contributed by atoms with Gasteiger partial charge in [0.2, 0.25) is 0 Å². The predicted molar refractivity (Wildman–Crippen MR) is 106 cm³/mol. The van der Waals surface area contributed by atoms with Crippen molar-refractivity contribution in [2.45, 2.75) is 32.7 Å². The second-order valence-corrected chi connectivity index (χ2v) is 7.13. The second-order valence-electron chi connectivity index (χ2n) is 7.13. The SMILES string of the molecule is Cc1cc(C2=NCc3cc(CC(=O)CCc4ccc(F)cc4F)ncc32)ccn1. The van der Waals surface area contributed by atoms with Crippen LogP contribution in [0.25, 0.3) is 0 Å². The van der Waals surface area contributed by atoms with Crippen molar-refractivity contribution in [2.75, 3.05) is 0 Å². The lowest BCUT2D eigenvalue weighted by Crippen LogP contribution is -2.08. The molecule has 146 valence electrons. The minimum Gasteiger partial charge on any atom is -0.299 e. The number of aliphatic imine (C=N–C) groups is 1. The van der Waals surface area contributed by atoms with Crippen molar-refractivity contribution in [1.29, 1.82) is 0 Å². The topological polar surface area (TPSA) is 55.2 Å². The number of aryl methyl sites for hydroxylation is 2. The van der Waals surface area contributed by atoms with Crippen LogP contribution in [0, 0.1) is 18.6 Å². The van der Waals surface area contributed by atoms with E-state index in [0.717, 1.165) is 34.2 Å². The van der Waals surface area contributed by atoms with Gasteiger partial charge in [-0.1, -0.05) is 6.07 Å². The Balaban J connectivity index is 1.42. The van der Waals surface area contributed by atoms with E-state index in [0.29, 0.717) is 17.8 Å². The van der Waals surface area contributed by atoms with E-state index >= 15 is 0 Å². The highest BCUT2D eigenvalue weighted by atomic mass is 19.1. The van der Waals surface area contributed by atoms with E-state index in [1.807, 2.05) is 25.1 Å². The van der Waals surface area contributed by atoms with E-state index in [9.17, 15) is 13.6 Å². The molecule has 6 heteroatoms. The van der Waals surface area contributed by atoms with Crippen LogP contribution < -0.4 is 0 Å². The zero-order valence-electron chi connectivity index (χ0n) is 16.0. The number of fused-ring (bicyclic) bond motifs is 1. The Morgan fingerprint density at radius 3 is 2.76 bits per heavy atom. The Labute approximate surface area is 167 Å². The van der Waals surface area contributed by atoms with Crippen LogP contribution in [0.15, 0.2) is 53.8 Å². The number of ketones is 1. The van der Waals surface area contributed by atoms with Gasteiger partial charge in [-0.3, -0.25) is 19.8 Å². The Morgan fingerprint density at radius 1 is 1.10 bits per heavy atom. The maximum Gasteiger partial charge on any atom is 0.139 e. The number of hydrogen-bond donors (Lipinski definition) is 0. The van der Waals surface area contributed by atoms with Crippen molar-refractivity contribution in [2.24, 2.45) is 4.99 Å². The zero-order chi connectivity index (χ0) is 20.4. The summed E-state index contributed by atoms with van der Waals surface area (Å²) < 4.78 is 26.7. The first-order chi connectivity index (χ1) is 14.0. The Hall–Kier alpha value is -3.28. The minimum absolute atomic E-state index is 0.0370. The first kappa shape index (κ1) is 19.1. The van der Waals surface area contributed by atoms with Crippen molar-refractivity contribution < 1.29 is 13.6 Å². The van der Waals surface area contributed by atoms with Gasteiger partial charge in [0.15, 0.2) is 0 Å². The van der Waals surface area contributed by atoms with Gasteiger partial charge in [0.1, 0.15) is 17.4 Å². The monoisotopic (exact) mass is 391 g/mol. The van der Waals surface area contributed by atoms with Gasteiger partial charge >= 0.3 is 0 Å². The van der Waals surface area contributed by atoms with Gasteiger partial charge in [-0.05, 0) is 48.7 Å². The van der Waals surface area contributed by atoms with Crippen LogP contribution >= 0.6 is 0 Å². The molecule has 1 aliphatic heterocycles. The summed E-state index contributed by atoms with van der Waals surface area (Å²) in [6.07, 6.45) is 4.12. The standard InChI is InChI=1S/C23H19F2N3O/c1-14-8-16(6-7-26-14)23-21-13-27-19(9-17(21)12-28-23)11-20(29)5-3-15-2-4-18(24)10-22(15)25/h2,4,6-10,13H,3,5,11-12H2,1H3. The molecule has 0 spiro atoms. The van der Waals surface area contributed by atoms with Crippen LogP contribution in [-0.2, 0) is 24.2 Å². The zero-order valence-corrected chi connectivity index (χ0v) is 16.0. The quantitative estimate of drug-likeness (QED) is 0.634. The molecule has 4 rings (SSSR count). The third-order valence-corrected chi connectivity index (χ3v) is 4.95. The second kappa shape index (κ2) is 7.99. The molecule has 0 bridgehead atoms. The molecule has 3 aromatic rings. The summed E-state index contributed by atoms with van der Waals surface area (Å²) >= 11 is 0. The molecule has 29 heavy (non-hydrogen) atoms. The van der Waals surface area contributed by atoms with Gasteiger partial charge in [0.05, 0.1) is 12.3 Å². The summed E-state index contributed by atoms with van der Waals surface area (Å²) in [7, 11) is 0. The number of carbonyl (C=O) groups is 1. The van der Waals surface area contributed by atoms with Crippen LogP contribution in [0.4, 0.5) is 8.78 Å². The van der Waals surface area contributed by atoms with Crippen LogP contribution in [0.2, 0.25) is 0 Å². The molecule has 3 heterocycles. The Morgan fingerprint density at radius 2 is 1.97 bits per heavy atom. The van der Waals surface area contributed by atoms with Crippen molar-refractivity contribution in [3.05, 3.63) is 94.1 Å². The maximum atomic E-state index is 13.7. The van der Waals surface area contributed by atoms with Gasteiger partial charge in [-0.2, -0.15) is 0 Å². The molecule has 0 N–H and O–H groups in total. The predicted octanol–water partition coefficient (Wildman–Crippen LogP) is 4.16. The Kier molecular flexibility index (Phi) is 5.25. The average Bonchev–Trinajstić information content (AvgIpc) is 3.10. The number of carbonyl (C=O) groups excluding carboxylic acids is 1. The van der Waals surface area contributed by atoms with Crippen molar-refractivity contribution >= 4 is 11.5 Å². The highest BCUT2D eigenvalue weighted by Gasteiger charge is 2.19. The number of rotatable bonds is 6. The fraction of sp³-hybridized carbons (Fsp3) is 0.217. The first-order valence-corrected chi connectivity index (χ1v) is 9.41.